The Labute approximate surface area is 48.2 Å². The van der Waals surface area contributed by atoms with Gasteiger partial charge in [0, 0.05) is 13.1 Å². The predicted molar refractivity (Wildman–Crippen MR) is 29.9 cm³/mol. The highest BCUT2D eigenvalue weighted by molar-refractivity contribution is 6.21. The smallest absolute Gasteiger partial charge is 0.0997 e. The Morgan fingerprint density at radius 2 is 2.43 bits per heavy atom. The van der Waals surface area contributed by atoms with Crippen molar-refractivity contribution in [3.8, 4) is 0 Å². The summed E-state index contributed by atoms with van der Waals surface area (Å²) < 4.78 is 0. The lowest BCUT2D eigenvalue weighted by atomic mass is 10.4. The van der Waals surface area contributed by atoms with Gasteiger partial charge in [-0.3, -0.25) is 5.32 Å². The van der Waals surface area contributed by atoms with E-state index >= 15 is 0 Å². The van der Waals surface area contributed by atoms with Crippen LogP contribution in [0.25, 0.3) is 0 Å². The van der Waals surface area contributed by atoms with E-state index in [9.17, 15) is 0 Å². The Bertz CT molecular complexity index is 51.7. The van der Waals surface area contributed by atoms with Crippen molar-refractivity contribution in [1.82, 2.24) is 10.6 Å². The van der Waals surface area contributed by atoms with Gasteiger partial charge in [-0.2, -0.15) is 0 Å². The molecule has 2 nitrogen and oxygen atoms in total. The van der Waals surface area contributed by atoms with Gasteiger partial charge in [0.2, 0.25) is 0 Å². The molecule has 0 saturated carbocycles. The number of hydrogen-bond acceptors (Lipinski definition) is 2. The molecule has 1 aliphatic heterocycles. The summed E-state index contributed by atoms with van der Waals surface area (Å²) in [5.74, 6) is 0. The van der Waals surface area contributed by atoms with Gasteiger partial charge in [-0.25, -0.2) is 0 Å². The summed E-state index contributed by atoms with van der Waals surface area (Å²) in [6.07, 6.45) is 0. The molecule has 41 valence electrons. The lowest BCUT2D eigenvalue weighted by molar-refractivity contribution is 0.559. The summed E-state index contributed by atoms with van der Waals surface area (Å²) in [4.78, 5) is 0. The van der Waals surface area contributed by atoms with Crippen LogP contribution in [0, 0.1) is 6.54 Å². The molecule has 1 atom stereocenters. The maximum absolute atomic E-state index is 5.59. The van der Waals surface area contributed by atoms with Crippen molar-refractivity contribution in [2.75, 3.05) is 13.1 Å². The lowest BCUT2D eigenvalue weighted by Crippen LogP contribution is -2.41. The number of halogens is 1. The third kappa shape index (κ3) is 1.63. The molecule has 1 saturated heterocycles. The number of nitrogens with one attached hydrogen (secondary N) is 2. The maximum atomic E-state index is 5.59. The third-order valence-electron chi connectivity index (χ3n) is 0.873. The zero-order valence-electron chi connectivity index (χ0n) is 3.95. The highest BCUT2D eigenvalue weighted by atomic mass is 35.5. The molecule has 0 bridgehead atoms. The molecule has 0 amide bonds. The standard InChI is InChI=1S/C4H8ClN2/c5-4-3-6-1-2-7-4/h3-4,6-7H,1-2H2. The van der Waals surface area contributed by atoms with Gasteiger partial charge in [-0.15, -0.1) is 11.6 Å². The van der Waals surface area contributed by atoms with Crippen molar-refractivity contribution in [2.45, 2.75) is 5.50 Å². The average Bonchev–Trinajstić information content (AvgIpc) is 1.69. The van der Waals surface area contributed by atoms with Gasteiger partial charge in [0.25, 0.3) is 0 Å². The lowest BCUT2D eigenvalue weighted by Gasteiger charge is -2.17. The first-order valence-electron chi connectivity index (χ1n) is 2.34. The van der Waals surface area contributed by atoms with Crippen molar-refractivity contribution >= 4 is 11.6 Å². The van der Waals surface area contributed by atoms with Crippen LogP contribution in [0.15, 0.2) is 0 Å². The molecule has 1 rings (SSSR count). The molecule has 0 aliphatic carbocycles. The molecule has 1 heterocycles. The summed E-state index contributed by atoms with van der Waals surface area (Å²) in [6.45, 7) is 3.79. The topological polar surface area (TPSA) is 24.1 Å². The highest BCUT2D eigenvalue weighted by Crippen LogP contribution is 1.94. The van der Waals surface area contributed by atoms with Crippen molar-refractivity contribution < 1.29 is 0 Å². The summed E-state index contributed by atoms with van der Waals surface area (Å²) in [6, 6.07) is 0. The molecular formula is C4H8ClN2. The Morgan fingerprint density at radius 1 is 1.57 bits per heavy atom. The fourth-order valence-corrected chi connectivity index (χ4v) is 0.726. The van der Waals surface area contributed by atoms with Gasteiger partial charge in [0.1, 0.15) is 0 Å². The first-order chi connectivity index (χ1) is 3.39. The van der Waals surface area contributed by atoms with Crippen LogP contribution in [-0.2, 0) is 0 Å². The fraction of sp³-hybridized carbons (Fsp3) is 0.750. The zero-order valence-corrected chi connectivity index (χ0v) is 4.70. The summed E-state index contributed by atoms with van der Waals surface area (Å²) >= 11 is 5.59. The molecule has 7 heavy (non-hydrogen) atoms. The second-order valence-electron chi connectivity index (χ2n) is 1.48. The van der Waals surface area contributed by atoms with Crippen molar-refractivity contribution in [2.24, 2.45) is 0 Å². The number of hydrogen-bond donors (Lipinski definition) is 2. The Morgan fingerprint density at radius 3 is 2.71 bits per heavy atom. The van der Waals surface area contributed by atoms with Gasteiger partial charge in [-0.05, 0) is 0 Å². The van der Waals surface area contributed by atoms with E-state index < -0.39 is 0 Å². The summed E-state index contributed by atoms with van der Waals surface area (Å²) in [5, 5.41) is 6.04. The van der Waals surface area contributed by atoms with E-state index in [4.69, 9.17) is 11.6 Å². The van der Waals surface area contributed by atoms with Gasteiger partial charge in [0.05, 0.1) is 12.0 Å². The second-order valence-corrected chi connectivity index (χ2v) is 1.95. The minimum atomic E-state index is 0.0220. The molecule has 0 aromatic rings. The molecule has 1 aliphatic rings. The monoisotopic (exact) mass is 119 g/mol. The molecule has 0 spiro atoms. The van der Waals surface area contributed by atoms with Gasteiger partial charge in [-0.1, -0.05) is 0 Å². The van der Waals surface area contributed by atoms with Gasteiger partial charge in [0.15, 0.2) is 0 Å². The van der Waals surface area contributed by atoms with Crippen molar-refractivity contribution in [1.29, 1.82) is 0 Å². The first-order valence-corrected chi connectivity index (χ1v) is 2.77. The van der Waals surface area contributed by atoms with E-state index in [-0.39, 0.29) is 5.50 Å². The minimum absolute atomic E-state index is 0.0220. The van der Waals surface area contributed by atoms with Crippen LogP contribution in [0.4, 0.5) is 0 Å². The average molecular weight is 120 g/mol. The van der Waals surface area contributed by atoms with Gasteiger partial charge >= 0.3 is 0 Å². The number of piperazine rings is 1. The molecular weight excluding hydrogens is 112 g/mol. The van der Waals surface area contributed by atoms with Crippen LogP contribution in [0.3, 0.4) is 0 Å². The van der Waals surface area contributed by atoms with E-state index in [1.807, 2.05) is 6.54 Å². The van der Waals surface area contributed by atoms with Crippen LogP contribution in [-0.4, -0.2) is 18.6 Å². The van der Waals surface area contributed by atoms with Crippen LogP contribution in [0.2, 0.25) is 0 Å². The molecule has 1 unspecified atom stereocenters. The largest absolute Gasteiger partial charge is 0.309 e. The molecule has 0 aromatic heterocycles. The molecule has 3 heteroatoms. The normalized spacial score (nSPS) is 33.0. The Hall–Kier alpha value is 0.210. The van der Waals surface area contributed by atoms with E-state index in [1.165, 1.54) is 0 Å². The van der Waals surface area contributed by atoms with E-state index in [2.05, 4.69) is 10.6 Å². The zero-order chi connectivity index (χ0) is 5.11. The summed E-state index contributed by atoms with van der Waals surface area (Å²) in [5.41, 5.74) is 0.0220. The van der Waals surface area contributed by atoms with Crippen LogP contribution >= 0.6 is 11.6 Å². The van der Waals surface area contributed by atoms with Crippen LogP contribution < -0.4 is 10.6 Å². The maximum Gasteiger partial charge on any atom is 0.0997 e. The third-order valence-corrected chi connectivity index (χ3v) is 1.15. The molecule has 1 radical (unpaired) electrons. The highest BCUT2D eigenvalue weighted by Gasteiger charge is 2.06. The van der Waals surface area contributed by atoms with Crippen molar-refractivity contribution in [3.63, 3.8) is 0 Å². The molecule has 2 N–H and O–H groups in total. The van der Waals surface area contributed by atoms with E-state index in [0.29, 0.717) is 0 Å². The van der Waals surface area contributed by atoms with E-state index in [1.54, 1.807) is 0 Å². The Balaban J connectivity index is 2.12. The minimum Gasteiger partial charge on any atom is -0.309 e. The van der Waals surface area contributed by atoms with Crippen LogP contribution in [0.1, 0.15) is 0 Å². The fourth-order valence-electron chi connectivity index (χ4n) is 0.528. The van der Waals surface area contributed by atoms with Crippen molar-refractivity contribution in [3.05, 3.63) is 6.54 Å². The quantitative estimate of drug-likeness (QED) is 0.344. The van der Waals surface area contributed by atoms with Crippen LogP contribution in [0.5, 0.6) is 0 Å². The number of alkyl halides is 1. The predicted octanol–water partition coefficient (Wildman–Crippen LogP) is -0.0941. The second kappa shape index (κ2) is 2.50. The SMILES string of the molecule is ClC1[CH]NCCN1. The van der Waals surface area contributed by atoms with E-state index in [0.717, 1.165) is 13.1 Å². The number of rotatable bonds is 0. The molecule has 1 fully saturated rings. The summed E-state index contributed by atoms with van der Waals surface area (Å²) in [7, 11) is 0. The first kappa shape index (κ1) is 5.35. The molecule has 0 aromatic carbocycles. The Kier molecular flexibility index (Phi) is 1.91. The van der Waals surface area contributed by atoms with Gasteiger partial charge < -0.3 is 5.32 Å².